The van der Waals surface area contributed by atoms with Crippen LogP contribution < -0.4 is 4.72 Å². The predicted molar refractivity (Wildman–Crippen MR) is 86.3 cm³/mol. The van der Waals surface area contributed by atoms with Gasteiger partial charge >= 0.3 is 5.97 Å². The summed E-state index contributed by atoms with van der Waals surface area (Å²) >= 11 is 5.78. The number of anilines is 1. The summed E-state index contributed by atoms with van der Waals surface area (Å²) < 4.78 is 91.8. The van der Waals surface area contributed by atoms with Crippen LogP contribution in [0.25, 0.3) is 0 Å². The Morgan fingerprint density at radius 1 is 1.65 bits per heavy atom. The highest BCUT2D eigenvalue weighted by molar-refractivity contribution is 7.93. The molecule has 5 nitrogen and oxygen atoms in total. The Morgan fingerprint density at radius 3 is 3.09 bits per heavy atom. The van der Waals surface area contributed by atoms with Crippen molar-refractivity contribution in [3.63, 3.8) is 0 Å². The van der Waals surface area contributed by atoms with Gasteiger partial charge in [-0.15, -0.1) is 0 Å². The van der Waals surface area contributed by atoms with Crippen LogP contribution in [0.15, 0.2) is 29.8 Å². The van der Waals surface area contributed by atoms with Crippen molar-refractivity contribution in [3.8, 4) is 0 Å². The van der Waals surface area contributed by atoms with Crippen molar-refractivity contribution in [2.45, 2.75) is 31.4 Å². The summed E-state index contributed by atoms with van der Waals surface area (Å²) in [5, 5.41) is -3.71. The van der Waals surface area contributed by atoms with Gasteiger partial charge in [-0.3, -0.25) is 4.72 Å². The molecule has 0 unspecified atom stereocenters. The van der Waals surface area contributed by atoms with E-state index in [4.69, 9.17) is 24.6 Å². The Labute approximate surface area is 148 Å². The molecular formula is C15H17ClFNO4S. The maximum atomic E-state index is 13.8. The Balaban J connectivity index is 2.72. The van der Waals surface area contributed by atoms with E-state index >= 15 is 0 Å². The zero-order chi connectivity index (χ0) is 22.3. The van der Waals surface area contributed by atoms with E-state index in [0.29, 0.717) is 0 Å². The van der Waals surface area contributed by atoms with Crippen LogP contribution in [-0.2, 0) is 19.6 Å². The number of rotatable bonds is 5. The van der Waals surface area contributed by atoms with E-state index in [1.165, 1.54) is 6.92 Å². The summed E-state index contributed by atoms with van der Waals surface area (Å²) in [6.07, 6.45) is -0.373. The van der Waals surface area contributed by atoms with Gasteiger partial charge in [0, 0.05) is 0 Å². The van der Waals surface area contributed by atoms with Crippen molar-refractivity contribution in [3.05, 3.63) is 40.6 Å². The van der Waals surface area contributed by atoms with Crippen LogP contribution >= 0.6 is 11.6 Å². The third kappa shape index (κ3) is 4.23. The lowest BCUT2D eigenvalue weighted by atomic mass is 9.99. The number of esters is 1. The van der Waals surface area contributed by atoms with Gasteiger partial charge in [0.25, 0.3) is 0 Å². The first-order chi connectivity index (χ1) is 13.3. The maximum Gasteiger partial charge on any atom is 0.335 e. The van der Waals surface area contributed by atoms with Crippen molar-refractivity contribution < 1.29 is 30.6 Å². The molecule has 0 amide bonds. The van der Waals surface area contributed by atoms with Crippen molar-refractivity contribution >= 4 is 33.3 Å². The van der Waals surface area contributed by atoms with E-state index in [0.717, 1.165) is 0 Å². The van der Waals surface area contributed by atoms with Gasteiger partial charge in [-0.1, -0.05) is 17.7 Å². The number of ether oxygens (including phenoxy) is 1. The highest BCUT2D eigenvalue weighted by atomic mass is 35.5. The number of allylic oxidation sites excluding steroid dienone is 1. The van der Waals surface area contributed by atoms with Crippen molar-refractivity contribution in [1.82, 2.24) is 0 Å². The van der Waals surface area contributed by atoms with E-state index in [1.54, 1.807) is 0 Å². The van der Waals surface area contributed by atoms with Gasteiger partial charge in [0.05, 0.1) is 29.7 Å². The number of sulfonamides is 1. The van der Waals surface area contributed by atoms with Gasteiger partial charge in [0.1, 0.15) is 11.0 Å². The monoisotopic (exact) mass is 367 g/mol. The number of benzene rings is 1. The first-order valence-electron chi connectivity index (χ1n) is 9.63. The first kappa shape index (κ1) is 11.0. The zero-order valence-corrected chi connectivity index (χ0v) is 13.6. The molecule has 0 aromatic heterocycles. The number of carbonyl (C=O) groups is 1. The molecule has 126 valence electrons. The number of nitrogens with one attached hydrogen (secondary N) is 1. The molecule has 0 heterocycles. The lowest BCUT2D eigenvalue weighted by Gasteiger charge is -2.24. The summed E-state index contributed by atoms with van der Waals surface area (Å²) in [5.74, 6) is -2.66. The molecule has 0 saturated carbocycles. The molecule has 2 rings (SSSR count). The van der Waals surface area contributed by atoms with E-state index < -0.39 is 73.9 Å². The Hall–Kier alpha value is -1.60. The molecule has 1 atom stereocenters. The first-order valence-corrected chi connectivity index (χ1v) is 8.50. The molecule has 1 N–H and O–H groups in total. The average molecular weight is 368 g/mol. The second-order valence-corrected chi connectivity index (χ2v) is 6.47. The number of carbonyl (C=O) groups excluding carboxylic acids is 1. The number of halogens is 2. The standard InChI is InChI=1S/C15H17ClFNO4S/c1-2-22-15(19)11-5-3-4-6-14(11)23(20,21)18-13-8-7-10(17)9-12(13)16/h5,7-9,14,18H,2-4,6H2,1H3/t14-/m1/s1/i5D,7D,8D,9D,14D/hD. The molecular weight excluding hydrogens is 345 g/mol. The minimum atomic E-state index is -5.16. The average Bonchev–Trinajstić information content (AvgIpc) is 2.64. The Kier molecular flexibility index (Phi) is 3.51. The van der Waals surface area contributed by atoms with Crippen LogP contribution in [0.3, 0.4) is 0 Å². The highest BCUT2D eigenvalue weighted by Crippen LogP contribution is 2.30. The van der Waals surface area contributed by atoms with Crippen molar-refractivity contribution in [2.75, 3.05) is 11.3 Å². The summed E-state index contributed by atoms with van der Waals surface area (Å²) in [6, 6.07) is -3.73. The van der Waals surface area contributed by atoms with E-state index in [9.17, 15) is 17.6 Å². The van der Waals surface area contributed by atoms with Crippen LogP contribution in [0.5, 0.6) is 0 Å². The second kappa shape index (κ2) is 7.31. The van der Waals surface area contributed by atoms with Gasteiger partial charge in [-0.2, -0.15) is 0 Å². The quantitative estimate of drug-likeness (QED) is 0.811. The van der Waals surface area contributed by atoms with E-state index in [-0.39, 0.29) is 24.2 Å². The summed E-state index contributed by atoms with van der Waals surface area (Å²) in [6.45, 7) is 1.32. The molecule has 0 spiro atoms. The van der Waals surface area contributed by atoms with Crippen molar-refractivity contribution in [1.29, 1.82) is 0 Å². The molecule has 23 heavy (non-hydrogen) atoms. The fraction of sp³-hybridized carbons (Fsp3) is 0.400. The molecule has 8 heteroatoms. The third-order valence-corrected chi connectivity index (χ3v) is 4.61. The molecule has 0 fully saturated rings. The molecule has 1 aliphatic carbocycles. The minimum Gasteiger partial charge on any atom is -0.463 e. The molecule has 1 aromatic carbocycles. The molecule has 1 aromatic rings. The third-order valence-electron chi connectivity index (χ3n) is 2.88. The van der Waals surface area contributed by atoms with E-state index in [1.807, 2.05) is 0 Å². The summed E-state index contributed by atoms with van der Waals surface area (Å²) in [4.78, 5) is 12.3. The maximum absolute atomic E-state index is 13.8. The lowest BCUT2D eigenvalue weighted by Crippen LogP contribution is -2.34. The van der Waals surface area contributed by atoms with Gasteiger partial charge in [-0.25, -0.2) is 17.6 Å². The normalized spacial score (nSPS) is 25.5. The van der Waals surface area contributed by atoms with Gasteiger partial charge in [0.2, 0.25) is 10.0 Å². The van der Waals surface area contributed by atoms with Crippen LogP contribution in [-0.4, -0.2) is 26.2 Å². The molecule has 0 radical (unpaired) electrons. The fourth-order valence-corrected chi connectivity index (χ4v) is 3.45. The van der Waals surface area contributed by atoms with E-state index in [2.05, 4.69) is 0 Å². The molecule has 1 aliphatic rings. The topological polar surface area (TPSA) is 72.5 Å². The number of hydrogen-bond donors (Lipinski definition) is 1. The molecule has 0 saturated heterocycles. The highest BCUT2D eigenvalue weighted by Gasteiger charge is 2.35. The van der Waals surface area contributed by atoms with Crippen LogP contribution in [0.2, 0.25) is 6.43 Å². The Morgan fingerprint density at radius 2 is 2.39 bits per heavy atom. The van der Waals surface area contributed by atoms with Crippen molar-refractivity contribution in [2.24, 2.45) is 0 Å². The van der Waals surface area contributed by atoms with Gasteiger partial charge in [0.15, 0.2) is 1.41 Å². The van der Waals surface area contributed by atoms with Crippen LogP contribution in [0, 0.1) is 5.82 Å². The predicted octanol–water partition coefficient (Wildman–Crippen LogP) is 3.26. The smallest absolute Gasteiger partial charge is 0.335 e. The fourth-order valence-electron chi connectivity index (χ4n) is 1.93. The summed E-state index contributed by atoms with van der Waals surface area (Å²) in [5.41, 5.74) is -1.75. The number of hydrogen-bond acceptors (Lipinski definition) is 4. The van der Waals surface area contributed by atoms with Crippen LogP contribution in [0.4, 0.5) is 10.1 Å². The minimum absolute atomic E-state index is 0.0248. The van der Waals surface area contributed by atoms with Gasteiger partial charge in [-0.05, 0) is 44.3 Å². The lowest BCUT2D eigenvalue weighted by molar-refractivity contribution is -0.138. The van der Waals surface area contributed by atoms with Gasteiger partial charge < -0.3 is 4.74 Å². The molecule has 0 bridgehead atoms. The molecule has 0 aliphatic heterocycles. The van der Waals surface area contributed by atoms with Crippen LogP contribution in [0.1, 0.15) is 33.0 Å². The SMILES string of the molecule is [2H]C1=C(C(=O)OCC)[C@]([2H])(S(=O)(=O)N([2H])c2c([2H])c([2H])c(F)c([2H])c2Cl)CCC1. The zero-order valence-electron chi connectivity index (χ0n) is 18.1. The Bertz CT molecular complexity index is 976. The second-order valence-electron chi connectivity index (χ2n) is 4.47. The summed E-state index contributed by atoms with van der Waals surface area (Å²) in [7, 11) is -5.16. The largest absolute Gasteiger partial charge is 0.463 e.